The average Bonchev–Trinajstić information content (AvgIpc) is 2.46. The van der Waals surface area contributed by atoms with Crippen LogP contribution in [0, 0.1) is 0 Å². The summed E-state index contributed by atoms with van der Waals surface area (Å²) in [5.41, 5.74) is 0. The highest BCUT2D eigenvalue weighted by atomic mass is 28.4. The predicted octanol–water partition coefficient (Wildman–Crippen LogP) is 2.49. The second-order valence-corrected chi connectivity index (χ2v) is 14.0. The minimum absolute atomic E-state index is 0.731. The normalized spacial score (nSPS) is 18.8. The van der Waals surface area contributed by atoms with E-state index in [0.29, 0.717) is 0 Å². The van der Waals surface area contributed by atoms with Gasteiger partial charge in [0.25, 0.3) is 0 Å². The van der Waals surface area contributed by atoms with Crippen molar-refractivity contribution in [1.82, 2.24) is 9.47 Å². The lowest BCUT2D eigenvalue weighted by Crippen LogP contribution is -2.64. The van der Waals surface area contributed by atoms with Crippen molar-refractivity contribution in [3.63, 3.8) is 0 Å². The Kier molecular flexibility index (Phi) is 8.77. The minimum atomic E-state index is -2.30. The highest BCUT2D eigenvalue weighted by Crippen LogP contribution is 2.27. The zero-order valence-corrected chi connectivity index (χ0v) is 17.5. The molecule has 132 valence electrons. The molecular weight excluding hydrogens is 312 g/mol. The van der Waals surface area contributed by atoms with Crippen LogP contribution in [-0.4, -0.2) is 79.6 Å². The van der Waals surface area contributed by atoms with Crippen LogP contribution in [0.15, 0.2) is 0 Å². The fraction of sp³-hybridized carbons (Fsp3) is 1.00. The molecule has 0 aromatic rings. The van der Waals surface area contributed by atoms with Crippen LogP contribution >= 0.6 is 0 Å². The zero-order chi connectivity index (χ0) is 16.6. The Bertz CT molecular complexity index is 305. The third kappa shape index (κ3) is 6.03. The quantitative estimate of drug-likeness (QED) is 0.567. The number of likely N-dealkylation sites (N-methyl/N-ethyl adjacent to an activating group) is 1. The van der Waals surface area contributed by atoms with Gasteiger partial charge in [0.05, 0.1) is 0 Å². The molecule has 1 saturated heterocycles. The van der Waals surface area contributed by atoms with Crippen molar-refractivity contribution in [3.8, 4) is 0 Å². The number of nitrogens with zero attached hydrogens (tertiary/aromatic N) is 2. The molecule has 1 rings (SSSR count). The van der Waals surface area contributed by atoms with E-state index < -0.39 is 17.0 Å². The molecule has 22 heavy (non-hydrogen) atoms. The van der Waals surface area contributed by atoms with Crippen molar-refractivity contribution in [1.29, 1.82) is 0 Å². The third-order valence-corrected chi connectivity index (χ3v) is 11.1. The Hall–Kier alpha value is 0.234. The summed E-state index contributed by atoms with van der Waals surface area (Å²) in [6, 6.07) is 2.14. The van der Waals surface area contributed by atoms with E-state index in [0.717, 1.165) is 58.1 Å². The zero-order valence-electron chi connectivity index (χ0n) is 15.5. The Morgan fingerprint density at radius 2 is 1.27 bits per heavy atom. The Labute approximate surface area is 139 Å². The number of hydrogen-bond acceptors (Lipinski definition) is 5. The number of rotatable bonds is 10. The largest absolute Gasteiger partial charge is 0.427 e. The molecule has 0 spiro atoms. The van der Waals surface area contributed by atoms with Gasteiger partial charge in [0, 0.05) is 52.0 Å². The summed E-state index contributed by atoms with van der Waals surface area (Å²) in [4.78, 5) is 2.38. The summed E-state index contributed by atoms with van der Waals surface area (Å²) >= 11 is 0. The summed E-state index contributed by atoms with van der Waals surface area (Å²) in [5, 5.41) is 0. The van der Waals surface area contributed by atoms with E-state index in [-0.39, 0.29) is 0 Å². The van der Waals surface area contributed by atoms with Gasteiger partial charge in [-0.15, -0.1) is 0 Å². The van der Waals surface area contributed by atoms with Crippen LogP contribution in [0.4, 0.5) is 0 Å². The Morgan fingerprint density at radius 3 is 1.73 bits per heavy atom. The number of hydrogen-bond donors (Lipinski definition) is 0. The molecule has 0 bridgehead atoms. The van der Waals surface area contributed by atoms with Crippen LogP contribution in [-0.2, 0) is 13.3 Å². The first-order valence-corrected chi connectivity index (χ1v) is 13.8. The van der Waals surface area contributed by atoms with Gasteiger partial charge in [-0.2, -0.15) is 0 Å². The summed E-state index contributed by atoms with van der Waals surface area (Å²) in [7, 11) is -1.72. The van der Waals surface area contributed by atoms with Crippen molar-refractivity contribution in [2.75, 3.05) is 53.0 Å². The van der Waals surface area contributed by atoms with Gasteiger partial charge in [-0.3, -0.25) is 4.57 Å². The van der Waals surface area contributed by atoms with Crippen molar-refractivity contribution < 1.29 is 13.3 Å². The van der Waals surface area contributed by atoms with Crippen LogP contribution in [0.2, 0.25) is 25.2 Å². The van der Waals surface area contributed by atoms with Gasteiger partial charge in [-0.05, 0) is 47.0 Å². The highest BCUT2D eigenvalue weighted by Gasteiger charge is 2.46. The number of piperazine rings is 1. The van der Waals surface area contributed by atoms with Crippen LogP contribution in [0.3, 0.4) is 0 Å². The summed E-state index contributed by atoms with van der Waals surface area (Å²) in [6.45, 7) is 17.4. The maximum absolute atomic E-state index is 6.31. The van der Waals surface area contributed by atoms with Gasteiger partial charge in [0.2, 0.25) is 0 Å². The molecule has 1 aliphatic heterocycles. The van der Waals surface area contributed by atoms with E-state index in [1.807, 2.05) is 0 Å². The highest BCUT2D eigenvalue weighted by molar-refractivity contribution is 6.74. The molecule has 1 fully saturated rings. The van der Waals surface area contributed by atoms with Crippen molar-refractivity contribution in [2.45, 2.75) is 46.0 Å². The first-order chi connectivity index (χ1) is 10.4. The first-order valence-electron chi connectivity index (χ1n) is 8.74. The standard InChI is InChI=1S/C15H36N2O3Si2/c1-7-18-21(5,6)14-15-22(19-8-2,20-9-3)17-12-10-16(4)11-13-17/h7-15H2,1-6H3. The molecular formula is C15H36N2O3Si2. The van der Waals surface area contributed by atoms with Crippen molar-refractivity contribution >= 4 is 17.0 Å². The van der Waals surface area contributed by atoms with Gasteiger partial charge >= 0.3 is 8.72 Å². The van der Waals surface area contributed by atoms with E-state index in [2.05, 4.69) is 50.4 Å². The molecule has 1 heterocycles. The fourth-order valence-electron chi connectivity index (χ4n) is 3.05. The molecule has 0 radical (unpaired) electrons. The third-order valence-electron chi connectivity index (χ3n) is 4.30. The molecule has 0 unspecified atom stereocenters. The van der Waals surface area contributed by atoms with Gasteiger partial charge in [0.1, 0.15) is 0 Å². The molecule has 0 saturated carbocycles. The molecule has 0 aromatic carbocycles. The molecule has 0 N–H and O–H groups in total. The molecule has 1 aliphatic rings. The molecule has 0 aliphatic carbocycles. The van der Waals surface area contributed by atoms with Crippen LogP contribution < -0.4 is 0 Å². The second kappa shape index (κ2) is 9.51. The molecule has 0 aromatic heterocycles. The van der Waals surface area contributed by atoms with Gasteiger partial charge in [-0.25, -0.2) is 0 Å². The molecule has 7 heteroatoms. The average molecular weight is 349 g/mol. The summed E-state index contributed by atoms with van der Waals surface area (Å²) in [6.07, 6.45) is 0. The van der Waals surface area contributed by atoms with Crippen molar-refractivity contribution in [3.05, 3.63) is 0 Å². The molecule has 0 amide bonds. The topological polar surface area (TPSA) is 34.2 Å². The fourth-order valence-corrected chi connectivity index (χ4v) is 10.5. The lowest BCUT2D eigenvalue weighted by atomic mass is 10.4. The molecule has 0 atom stereocenters. The van der Waals surface area contributed by atoms with E-state index in [9.17, 15) is 0 Å². The van der Waals surface area contributed by atoms with Crippen molar-refractivity contribution in [2.24, 2.45) is 0 Å². The van der Waals surface area contributed by atoms with Gasteiger partial charge < -0.3 is 18.2 Å². The maximum atomic E-state index is 6.31. The minimum Gasteiger partial charge on any atom is -0.418 e. The Morgan fingerprint density at radius 1 is 0.773 bits per heavy atom. The van der Waals surface area contributed by atoms with E-state index >= 15 is 0 Å². The lowest BCUT2D eigenvalue weighted by molar-refractivity contribution is 0.0945. The molecule has 5 nitrogen and oxygen atoms in total. The van der Waals surface area contributed by atoms with Crippen LogP contribution in [0.5, 0.6) is 0 Å². The SMILES string of the molecule is CCO[Si](C)(C)CC[Si](OCC)(OCC)N1CCN(C)CC1. The van der Waals surface area contributed by atoms with Gasteiger partial charge in [-0.1, -0.05) is 0 Å². The maximum Gasteiger partial charge on any atom is 0.427 e. The van der Waals surface area contributed by atoms with Gasteiger partial charge in [0.15, 0.2) is 8.32 Å². The summed E-state index contributed by atoms with van der Waals surface area (Å²) in [5.74, 6) is 0. The van der Waals surface area contributed by atoms with E-state index in [1.165, 1.54) is 0 Å². The monoisotopic (exact) mass is 348 g/mol. The Balaban J connectivity index is 2.80. The first kappa shape index (κ1) is 20.3. The lowest BCUT2D eigenvalue weighted by Gasteiger charge is -2.44. The summed E-state index contributed by atoms with van der Waals surface area (Å²) < 4.78 is 21.2. The second-order valence-electron chi connectivity index (χ2n) is 6.56. The van der Waals surface area contributed by atoms with E-state index in [4.69, 9.17) is 13.3 Å². The van der Waals surface area contributed by atoms with Crippen LogP contribution in [0.1, 0.15) is 20.8 Å². The smallest absolute Gasteiger partial charge is 0.418 e. The van der Waals surface area contributed by atoms with E-state index in [1.54, 1.807) is 0 Å². The predicted molar refractivity (Wildman–Crippen MR) is 96.8 cm³/mol. The van der Waals surface area contributed by atoms with Crippen LogP contribution in [0.25, 0.3) is 0 Å².